The number of hydrogen-bond acceptors (Lipinski definition) is 5. The fraction of sp³-hybridized carbons (Fsp3) is 0.0833. The van der Waals surface area contributed by atoms with Crippen LogP contribution in [-0.4, -0.2) is 27.2 Å². The molecule has 0 aliphatic carbocycles. The summed E-state index contributed by atoms with van der Waals surface area (Å²) < 4.78 is 5.14. The van der Waals surface area contributed by atoms with Crippen LogP contribution in [0.4, 0.5) is 5.82 Å². The maximum Gasteiger partial charge on any atom is 0.371 e. The number of H-pyrrole nitrogens is 1. The van der Waals surface area contributed by atoms with Gasteiger partial charge < -0.3 is 14.8 Å². The van der Waals surface area contributed by atoms with E-state index in [0.717, 1.165) is 5.56 Å². The average Bonchev–Trinajstić information content (AvgIpc) is 3.05. The van der Waals surface area contributed by atoms with Gasteiger partial charge in [-0.05, 0) is 23.9 Å². The molecule has 0 aliphatic heterocycles. The number of aromatic nitrogens is 2. The highest BCUT2D eigenvalue weighted by molar-refractivity contribution is 7.12. The number of aromatic amines is 1. The Morgan fingerprint density at radius 3 is 2.90 bits per heavy atom. The Labute approximate surface area is 116 Å². The summed E-state index contributed by atoms with van der Waals surface area (Å²) in [5, 5.41) is 19.8. The van der Waals surface area contributed by atoms with E-state index in [1.807, 2.05) is 12.3 Å². The van der Waals surface area contributed by atoms with Crippen molar-refractivity contribution in [3.63, 3.8) is 0 Å². The van der Waals surface area contributed by atoms with Crippen LogP contribution < -0.4 is 5.32 Å². The van der Waals surface area contributed by atoms with Crippen molar-refractivity contribution in [3.05, 3.63) is 33.7 Å². The van der Waals surface area contributed by atoms with E-state index in [1.165, 1.54) is 17.4 Å². The molecule has 0 bridgehead atoms. The molecule has 3 heterocycles. The molecular weight excluding hydrogens is 282 g/mol. The van der Waals surface area contributed by atoms with Crippen molar-refractivity contribution in [2.75, 3.05) is 5.32 Å². The summed E-state index contributed by atoms with van der Waals surface area (Å²) in [5.74, 6) is -1.54. The molecule has 0 spiro atoms. The quantitative estimate of drug-likeness (QED) is 0.687. The van der Waals surface area contributed by atoms with Gasteiger partial charge in [-0.2, -0.15) is 5.10 Å². The van der Waals surface area contributed by atoms with E-state index in [1.54, 1.807) is 6.07 Å². The third-order valence-electron chi connectivity index (χ3n) is 2.63. The first-order valence-electron chi connectivity index (χ1n) is 5.62. The predicted molar refractivity (Wildman–Crippen MR) is 72.3 cm³/mol. The second-order valence-corrected chi connectivity index (χ2v) is 5.08. The van der Waals surface area contributed by atoms with Gasteiger partial charge in [0, 0.05) is 6.07 Å². The van der Waals surface area contributed by atoms with Gasteiger partial charge in [0.2, 0.25) is 5.76 Å². The smallest absolute Gasteiger partial charge is 0.371 e. The maximum atomic E-state index is 12.0. The number of hydrogen-bond donors (Lipinski definition) is 3. The van der Waals surface area contributed by atoms with E-state index < -0.39 is 5.97 Å². The molecule has 20 heavy (non-hydrogen) atoms. The number of aryl methyl sites for hydroxylation is 1. The van der Waals surface area contributed by atoms with Crippen molar-refractivity contribution in [1.82, 2.24) is 10.2 Å². The van der Waals surface area contributed by atoms with Crippen LogP contribution in [0.2, 0.25) is 0 Å². The summed E-state index contributed by atoms with van der Waals surface area (Å²) >= 11 is 1.32. The zero-order valence-corrected chi connectivity index (χ0v) is 11.1. The molecule has 0 atom stereocenters. The number of furan rings is 1. The molecule has 0 radical (unpaired) electrons. The molecule has 0 fully saturated rings. The fourth-order valence-corrected chi connectivity index (χ4v) is 2.52. The van der Waals surface area contributed by atoms with Gasteiger partial charge in [-0.3, -0.25) is 9.89 Å². The summed E-state index contributed by atoms with van der Waals surface area (Å²) in [6.45, 7) is 1.89. The Bertz CT molecular complexity index is 814. The van der Waals surface area contributed by atoms with E-state index in [2.05, 4.69) is 15.5 Å². The number of carboxylic acids is 1. The Morgan fingerprint density at radius 2 is 2.25 bits per heavy atom. The van der Waals surface area contributed by atoms with Crippen molar-refractivity contribution in [2.24, 2.45) is 0 Å². The lowest BCUT2D eigenvalue weighted by atomic mass is 10.3. The van der Waals surface area contributed by atoms with E-state index in [9.17, 15) is 9.59 Å². The summed E-state index contributed by atoms with van der Waals surface area (Å²) in [4.78, 5) is 23.4. The standard InChI is InChI=1S/C12H9N3O4S/c1-5-2-8(20-4-5)11(16)13-10-9-6(14-15-10)3-7(19-9)12(17)18/h2-4H,1H3,(H,17,18)(H2,13,14,15,16). The molecule has 0 saturated heterocycles. The van der Waals surface area contributed by atoms with E-state index in [-0.39, 0.29) is 23.1 Å². The average molecular weight is 291 g/mol. The minimum Gasteiger partial charge on any atom is -0.475 e. The maximum absolute atomic E-state index is 12.0. The molecule has 0 unspecified atom stereocenters. The first kappa shape index (κ1) is 12.4. The Hall–Kier alpha value is -2.61. The molecule has 8 heteroatoms. The monoisotopic (exact) mass is 291 g/mol. The molecule has 102 valence electrons. The van der Waals surface area contributed by atoms with Crippen molar-refractivity contribution in [3.8, 4) is 0 Å². The minimum atomic E-state index is -1.18. The molecule has 3 aromatic rings. The minimum absolute atomic E-state index is 0.170. The lowest BCUT2D eigenvalue weighted by Crippen LogP contribution is -2.10. The highest BCUT2D eigenvalue weighted by Gasteiger charge is 2.18. The number of fused-ring (bicyclic) bond motifs is 1. The van der Waals surface area contributed by atoms with E-state index in [0.29, 0.717) is 10.4 Å². The second kappa shape index (κ2) is 4.49. The third kappa shape index (κ3) is 2.05. The molecule has 7 nitrogen and oxygen atoms in total. The van der Waals surface area contributed by atoms with Crippen LogP contribution in [0.5, 0.6) is 0 Å². The summed E-state index contributed by atoms with van der Waals surface area (Å²) in [6, 6.07) is 3.07. The van der Waals surface area contributed by atoms with Gasteiger partial charge in [0.1, 0.15) is 5.52 Å². The number of carboxylic acid groups (broad SMARTS) is 1. The van der Waals surface area contributed by atoms with Crippen LogP contribution in [0, 0.1) is 6.92 Å². The van der Waals surface area contributed by atoms with E-state index >= 15 is 0 Å². The van der Waals surface area contributed by atoms with Gasteiger partial charge in [0.05, 0.1) is 4.88 Å². The molecule has 3 N–H and O–H groups in total. The number of nitrogens with zero attached hydrogens (tertiary/aromatic N) is 1. The van der Waals surface area contributed by atoms with Gasteiger partial charge in [0.15, 0.2) is 11.4 Å². The number of amides is 1. The Morgan fingerprint density at radius 1 is 1.45 bits per heavy atom. The third-order valence-corrected chi connectivity index (χ3v) is 3.68. The SMILES string of the molecule is Cc1csc(C(=O)Nc2n[nH]c3cc(C(=O)O)oc23)c1. The van der Waals surface area contributed by atoms with E-state index in [4.69, 9.17) is 9.52 Å². The number of carbonyl (C=O) groups excluding carboxylic acids is 1. The normalized spacial score (nSPS) is 10.8. The first-order valence-corrected chi connectivity index (χ1v) is 6.50. The van der Waals surface area contributed by atoms with Gasteiger partial charge >= 0.3 is 5.97 Å². The van der Waals surface area contributed by atoms with Crippen LogP contribution >= 0.6 is 11.3 Å². The number of aromatic carboxylic acids is 1. The largest absolute Gasteiger partial charge is 0.475 e. The number of nitrogens with one attached hydrogen (secondary N) is 2. The molecular formula is C12H9N3O4S. The number of rotatable bonds is 3. The molecule has 0 aliphatic rings. The topological polar surface area (TPSA) is 108 Å². The second-order valence-electron chi connectivity index (χ2n) is 4.17. The van der Waals surface area contributed by atoms with Crippen LogP contribution in [0.1, 0.15) is 25.8 Å². The Kier molecular flexibility index (Phi) is 2.79. The van der Waals surface area contributed by atoms with Gasteiger partial charge in [-0.15, -0.1) is 11.3 Å². The fourth-order valence-electron chi connectivity index (χ4n) is 1.73. The molecule has 3 aromatic heterocycles. The van der Waals surface area contributed by atoms with Crippen LogP contribution in [0.3, 0.4) is 0 Å². The summed E-state index contributed by atoms with van der Waals surface area (Å²) in [5.41, 5.74) is 1.63. The zero-order chi connectivity index (χ0) is 14.3. The highest BCUT2D eigenvalue weighted by atomic mass is 32.1. The zero-order valence-electron chi connectivity index (χ0n) is 10.3. The van der Waals surface area contributed by atoms with Crippen LogP contribution in [0.25, 0.3) is 11.1 Å². The Balaban J connectivity index is 1.90. The molecule has 0 aromatic carbocycles. The van der Waals surface area contributed by atoms with Crippen LogP contribution in [0.15, 0.2) is 21.9 Å². The first-order chi connectivity index (χ1) is 9.54. The van der Waals surface area contributed by atoms with Gasteiger partial charge in [-0.25, -0.2) is 4.79 Å². The summed E-state index contributed by atoms with van der Waals surface area (Å²) in [6.07, 6.45) is 0. The highest BCUT2D eigenvalue weighted by Crippen LogP contribution is 2.25. The lowest BCUT2D eigenvalue weighted by Gasteiger charge is -1.98. The van der Waals surface area contributed by atoms with Crippen molar-refractivity contribution >= 4 is 40.1 Å². The van der Waals surface area contributed by atoms with Gasteiger partial charge in [-0.1, -0.05) is 0 Å². The van der Waals surface area contributed by atoms with Gasteiger partial charge in [0.25, 0.3) is 5.91 Å². The summed E-state index contributed by atoms with van der Waals surface area (Å²) in [7, 11) is 0. The number of carbonyl (C=O) groups is 2. The number of thiophene rings is 1. The van der Waals surface area contributed by atoms with Crippen molar-refractivity contribution in [2.45, 2.75) is 6.92 Å². The van der Waals surface area contributed by atoms with Crippen LogP contribution in [-0.2, 0) is 0 Å². The van der Waals surface area contributed by atoms with Crippen molar-refractivity contribution < 1.29 is 19.1 Å². The molecule has 0 saturated carbocycles. The lowest BCUT2D eigenvalue weighted by molar-refractivity contribution is 0.0665. The molecule has 1 amide bonds. The van der Waals surface area contributed by atoms with Crippen molar-refractivity contribution in [1.29, 1.82) is 0 Å². The predicted octanol–water partition coefficient (Wildman–Crippen LogP) is 2.48. The number of anilines is 1. The molecule has 3 rings (SSSR count).